The van der Waals surface area contributed by atoms with Crippen molar-refractivity contribution in [3.63, 3.8) is 0 Å². The van der Waals surface area contributed by atoms with E-state index < -0.39 is 0 Å². The fourth-order valence-corrected chi connectivity index (χ4v) is 3.00. The fourth-order valence-electron chi connectivity index (χ4n) is 3.00. The SMILES string of the molecule is CCCCCCNC(=NCc1ccc(N2CCN(C)CC2)nc1)NCC.I. The van der Waals surface area contributed by atoms with Crippen LogP contribution in [-0.2, 0) is 6.54 Å². The number of hydrogen-bond acceptors (Lipinski definition) is 4. The molecule has 27 heavy (non-hydrogen) atoms. The Bertz CT molecular complexity index is 526. The Labute approximate surface area is 182 Å². The van der Waals surface area contributed by atoms with E-state index >= 15 is 0 Å². The molecule has 0 radical (unpaired) electrons. The van der Waals surface area contributed by atoms with Gasteiger partial charge in [0.1, 0.15) is 5.82 Å². The number of piperazine rings is 1. The molecule has 0 spiro atoms. The van der Waals surface area contributed by atoms with Crippen LogP contribution >= 0.6 is 24.0 Å². The molecule has 0 amide bonds. The van der Waals surface area contributed by atoms with E-state index in [2.05, 4.69) is 63.4 Å². The number of aliphatic imine (C=N–C) groups is 1. The molecule has 0 aromatic carbocycles. The first-order chi connectivity index (χ1) is 12.7. The third-order valence-electron chi connectivity index (χ3n) is 4.72. The van der Waals surface area contributed by atoms with Crippen LogP contribution in [0.3, 0.4) is 0 Å². The number of guanidine groups is 1. The Morgan fingerprint density at radius 1 is 1.07 bits per heavy atom. The summed E-state index contributed by atoms with van der Waals surface area (Å²) in [6, 6.07) is 4.27. The minimum atomic E-state index is 0. The molecule has 2 heterocycles. The lowest BCUT2D eigenvalue weighted by atomic mass is 10.2. The molecule has 1 saturated heterocycles. The summed E-state index contributed by atoms with van der Waals surface area (Å²) in [5, 5.41) is 6.74. The Morgan fingerprint density at radius 2 is 1.85 bits per heavy atom. The highest BCUT2D eigenvalue weighted by atomic mass is 127. The van der Waals surface area contributed by atoms with E-state index in [0.717, 1.165) is 56.6 Å². The van der Waals surface area contributed by atoms with Crippen molar-refractivity contribution in [1.29, 1.82) is 0 Å². The van der Waals surface area contributed by atoms with Crippen molar-refractivity contribution >= 4 is 35.8 Å². The number of nitrogens with one attached hydrogen (secondary N) is 2. The van der Waals surface area contributed by atoms with E-state index in [1.54, 1.807) is 0 Å². The molecule has 0 unspecified atom stereocenters. The quantitative estimate of drug-likeness (QED) is 0.242. The lowest BCUT2D eigenvalue weighted by Gasteiger charge is -2.33. The molecule has 0 bridgehead atoms. The summed E-state index contributed by atoms with van der Waals surface area (Å²) in [5.41, 5.74) is 1.14. The number of unbranched alkanes of at least 4 members (excludes halogenated alkanes) is 3. The van der Waals surface area contributed by atoms with Gasteiger partial charge in [0.2, 0.25) is 0 Å². The summed E-state index contributed by atoms with van der Waals surface area (Å²) in [4.78, 5) is 14.0. The highest BCUT2D eigenvalue weighted by molar-refractivity contribution is 14.0. The van der Waals surface area contributed by atoms with Gasteiger partial charge in [0, 0.05) is 45.5 Å². The third-order valence-corrected chi connectivity index (χ3v) is 4.72. The first-order valence-electron chi connectivity index (χ1n) is 10.1. The Balaban J connectivity index is 0.00000364. The van der Waals surface area contributed by atoms with Crippen molar-refractivity contribution in [3.8, 4) is 0 Å². The number of nitrogens with zero attached hydrogens (tertiary/aromatic N) is 4. The van der Waals surface area contributed by atoms with E-state index in [9.17, 15) is 0 Å². The van der Waals surface area contributed by atoms with E-state index in [0.29, 0.717) is 6.54 Å². The molecule has 0 saturated carbocycles. The maximum atomic E-state index is 4.69. The van der Waals surface area contributed by atoms with Crippen molar-refractivity contribution in [2.24, 2.45) is 4.99 Å². The zero-order chi connectivity index (χ0) is 18.6. The Hall–Kier alpha value is -1.09. The lowest BCUT2D eigenvalue weighted by molar-refractivity contribution is 0.312. The molecule has 0 atom stereocenters. The molecule has 1 aliphatic rings. The number of aromatic nitrogens is 1. The monoisotopic (exact) mass is 488 g/mol. The molecular formula is C20H37IN6. The van der Waals surface area contributed by atoms with Crippen LogP contribution < -0.4 is 15.5 Å². The summed E-state index contributed by atoms with van der Waals surface area (Å²) < 4.78 is 0. The second-order valence-corrected chi connectivity index (χ2v) is 7.00. The Morgan fingerprint density at radius 3 is 2.48 bits per heavy atom. The van der Waals surface area contributed by atoms with Gasteiger partial charge in [-0.05, 0) is 32.0 Å². The second kappa shape index (κ2) is 14.0. The van der Waals surface area contributed by atoms with Gasteiger partial charge in [0.05, 0.1) is 6.54 Å². The van der Waals surface area contributed by atoms with Gasteiger partial charge in [0.15, 0.2) is 5.96 Å². The van der Waals surface area contributed by atoms with Crippen molar-refractivity contribution in [2.45, 2.75) is 46.1 Å². The molecule has 1 aromatic heterocycles. The van der Waals surface area contributed by atoms with Crippen LogP contribution in [0.4, 0.5) is 5.82 Å². The summed E-state index contributed by atoms with van der Waals surface area (Å²) in [6.45, 7) is 11.1. The highest BCUT2D eigenvalue weighted by Crippen LogP contribution is 2.14. The van der Waals surface area contributed by atoms with E-state index in [-0.39, 0.29) is 24.0 Å². The summed E-state index contributed by atoms with van der Waals surface area (Å²) in [5.74, 6) is 1.97. The number of likely N-dealkylation sites (N-methyl/N-ethyl adjacent to an activating group) is 1. The third kappa shape index (κ3) is 9.10. The van der Waals surface area contributed by atoms with Crippen LogP contribution in [0.2, 0.25) is 0 Å². The molecule has 2 rings (SSSR count). The van der Waals surface area contributed by atoms with Gasteiger partial charge in [-0.25, -0.2) is 9.98 Å². The van der Waals surface area contributed by atoms with Crippen molar-refractivity contribution in [2.75, 3.05) is 51.2 Å². The van der Waals surface area contributed by atoms with Crippen molar-refractivity contribution in [3.05, 3.63) is 23.9 Å². The lowest BCUT2D eigenvalue weighted by Crippen LogP contribution is -2.44. The van der Waals surface area contributed by atoms with Gasteiger partial charge in [0.25, 0.3) is 0 Å². The minimum Gasteiger partial charge on any atom is -0.357 e. The van der Waals surface area contributed by atoms with Crippen LogP contribution in [-0.4, -0.2) is 62.2 Å². The summed E-state index contributed by atoms with van der Waals surface area (Å²) in [6.07, 6.45) is 7.01. The molecule has 1 fully saturated rings. The molecule has 7 heteroatoms. The normalized spacial score (nSPS) is 15.4. The molecule has 2 N–H and O–H groups in total. The zero-order valence-electron chi connectivity index (χ0n) is 17.2. The van der Waals surface area contributed by atoms with Gasteiger partial charge in [-0.15, -0.1) is 24.0 Å². The first kappa shape index (κ1) is 23.9. The standard InChI is InChI=1S/C20H36N6.HI/c1-4-6-7-8-11-22-20(21-5-2)24-17-18-9-10-19(23-16-18)26-14-12-25(3)13-15-26;/h9-10,16H,4-8,11-15,17H2,1-3H3,(H2,21,22,24);1H. The predicted molar refractivity (Wildman–Crippen MR) is 126 cm³/mol. The first-order valence-corrected chi connectivity index (χ1v) is 10.1. The van der Waals surface area contributed by atoms with Gasteiger partial charge < -0.3 is 20.4 Å². The molecule has 0 aliphatic carbocycles. The molecule has 1 aromatic rings. The van der Waals surface area contributed by atoms with E-state index in [4.69, 9.17) is 0 Å². The van der Waals surface area contributed by atoms with Gasteiger partial charge in [-0.3, -0.25) is 0 Å². The van der Waals surface area contributed by atoms with Crippen LogP contribution in [0.1, 0.15) is 45.1 Å². The Kier molecular flexibility index (Phi) is 12.4. The smallest absolute Gasteiger partial charge is 0.191 e. The zero-order valence-corrected chi connectivity index (χ0v) is 19.5. The van der Waals surface area contributed by atoms with Crippen LogP contribution in [0.25, 0.3) is 0 Å². The maximum Gasteiger partial charge on any atom is 0.191 e. The van der Waals surface area contributed by atoms with Crippen LogP contribution in [0, 0.1) is 0 Å². The average molecular weight is 488 g/mol. The van der Waals surface area contributed by atoms with Gasteiger partial charge in [-0.1, -0.05) is 32.3 Å². The topological polar surface area (TPSA) is 55.8 Å². The number of rotatable bonds is 9. The summed E-state index contributed by atoms with van der Waals surface area (Å²) in [7, 11) is 2.17. The van der Waals surface area contributed by atoms with Crippen LogP contribution in [0.15, 0.2) is 23.3 Å². The van der Waals surface area contributed by atoms with Crippen LogP contribution in [0.5, 0.6) is 0 Å². The number of anilines is 1. The number of hydrogen-bond donors (Lipinski definition) is 2. The molecule has 1 aliphatic heterocycles. The second-order valence-electron chi connectivity index (χ2n) is 7.00. The molecular weight excluding hydrogens is 451 g/mol. The van der Waals surface area contributed by atoms with E-state index in [1.807, 2.05) is 6.20 Å². The largest absolute Gasteiger partial charge is 0.357 e. The van der Waals surface area contributed by atoms with Gasteiger partial charge in [-0.2, -0.15) is 0 Å². The fraction of sp³-hybridized carbons (Fsp3) is 0.700. The number of halogens is 1. The van der Waals surface area contributed by atoms with Crippen molar-refractivity contribution < 1.29 is 0 Å². The maximum absolute atomic E-state index is 4.69. The van der Waals surface area contributed by atoms with Crippen molar-refractivity contribution in [1.82, 2.24) is 20.5 Å². The molecule has 6 nitrogen and oxygen atoms in total. The summed E-state index contributed by atoms with van der Waals surface area (Å²) >= 11 is 0. The van der Waals surface area contributed by atoms with E-state index in [1.165, 1.54) is 25.7 Å². The minimum absolute atomic E-state index is 0. The average Bonchev–Trinajstić information content (AvgIpc) is 2.67. The highest BCUT2D eigenvalue weighted by Gasteiger charge is 2.14. The number of pyridine rings is 1. The van der Waals surface area contributed by atoms with Gasteiger partial charge >= 0.3 is 0 Å². The predicted octanol–water partition coefficient (Wildman–Crippen LogP) is 3.09. The molecule has 154 valence electrons.